The first-order valence-electron chi connectivity index (χ1n) is 5.72. The van der Waals surface area contributed by atoms with Crippen LogP contribution in [-0.2, 0) is 29.1 Å². The summed E-state index contributed by atoms with van der Waals surface area (Å²) in [7, 11) is -2.91. The van der Waals surface area contributed by atoms with E-state index < -0.39 is 38.9 Å². The molecule has 0 aliphatic carbocycles. The Morgan fingerprint density at radius 2 is 1.58 bits per heavy atom. The first-order valence-corrected chi connectivity index (χ1v) is 7.27. The van der Waals surface area contributed by atoms with Gasteiger partial charge < -0.3 is 9.47 Å². The van der Waals surface area contributed by atoms with Gasteiger partial charge in [0.05, 0.1) is 7.11 Å². The number of hydrogen-bond acceptors (Lipinski definition) is 6. The first kappa shape index (κ1) is 17.8. The minimum absolute atomic E-state index is 0.715. The van der Waals surface area contributed by atoms with Gasteiger partial charge in [-0.05, 0) is 34.6 Å². The van der Waals surface area contributed by atoms with Gasteiger partial charge in [-0.1, -0.05) is 0 Å². The molecule has 0 aliphatic heterocycles. The van der Waals surface area contributed by atoms with Gasteiger partial charge in [0, 0.05) is 0 Å². The first-order chi connectivity index (χ1) is 8.40. The third-order valence-electron chi connectivity index (χ3n) is 2.10. The molecule has 0 fully saturated rings. The number of methoxy groups -OCH3 is 1. The van der Waals surface area contributed by atoms with Crippen molar-refractivity contribution < 1.29 is 27.5 Å². The van der Waals surface area contributed by atoms with Crippen LogP contribution in [-0.4, -0.2) is 44.4 Å². The number of hydrogen-bond donors (Lipinski definition) is 1. The summed E-state index contributed by atoms with van der Waals surface area (Å²) in [6.45, 7) is 7.53. The summed E-state index contributed by atoms with van der Waals surface area (Å²) in [4.78, 5) is 22.8. The number of carbonyl (C=O) groups is 2. The molecule has 0 aliphatic rings. The van der Waals surface area contributed by atoms with Gasteiger partial charge in [0.15, 0.2) is 5.25 Å². The molecule has 0 saturated carbocycles. The third-order valence-corrected chi connectivity index (χ3v) is 3.91. The fourth-order valence-corrected chi connectivity index (χ4v) is 2.22. The lowest BCUT2D eigenvalue weighted by Gasteiger charge is -2.23. The van der Waals surface area contributed by atoms with Crippen LogP contribution in [0.3, 0.4) is 0 Å². The van der Waals surface area contributed by atoms with Crippen molar-refractivity contribution in [3.63, 3.8) is 0 Å². The quantitative estimate of drug-likeness (QED) is 0.727. The van der Waals surface area contributed by atoms with E-state index in [0.29, 0.717) is 0 Å². The van der Waals surface area contributed by atoms with Gasteiger partial charge in [-0.15, -0.1) is 0 Å². The van der Waals surface area contributed by atoms with Crippen molar-refractivity contribution in [3.05, 3.63) is 0 Å². The molecule has 8 heteroatoms. The van der Waals surface area contributed by atoms with Gasteiger partial charge in [0.2, 0.25) is 10.0 Å². The summed E-state index contributed by atoms with van der Waals surface area (Å²) in [6, 6.07) is -1.09. The molecule has 19 heavy (non-hydrogen) atoms. The highest BCUT2D eigenvalue weighted by Crippen LogP contribution is 2.09. The highest BCUT2D eigenvalue weighted by molar-refractivity contribution is 7.90. The van der Waals surface area contributed by atoms with Crippen LogP contribution in [0.5, 0.6) is 0 Å². The van der Waals surface area contributed by atoms with E-state index in [0.717, 1.165) is 7.11 Å². The predicted octanol–water partition coefficient (Wildman–Crippen LogP) is 0.198. The third kappa shape index (κ3) is 6.02. The monoisotopic (exact) mass is 295 g/mol. The van der Waals surface area contributed by atoms with Crippen LogP contribution in [0.1, 0.15) is 34.6 Å². The zero-order valence-corrected chi connectivity index (χ0v) is 12.8. The maximum absolute atomic E-state index is 11.8. The van der Waals surface area contributed by atoms with E-state index in [-0.39, 0.29) is 0 Å². The molecule has 0 bridgehead atoms. The van der Waals surface area contributed by atoms with Gasteiger partial charge in [0.1, 0.15) is 11.6 Å². The summed E-state index contributed by atoms with van der Waals surface area (Å²) >= 11 is 0. The number of esters is 2. The Morgan fingerprint density at radius 1 is 1.11 bits per heavy atom. The van der Waals surface area contributed by atoms with E-state index in [1.807, 2.05) is 0 Å². The lowest BCUT2D eigenvalue weighted by atomic mass is 10.2. The zero-order valence-electron chi connectivity index (χ0n) is 12.0. The van der Waals surface area contributed by atoms with Crippen molar-refractivity contribution in [1.29, 1.82) is 0 Å². The van der Waals surface area contributed by atoms with E-state index in [9.17, 15) is 18.0 Å². The van der Waals surface area contributed by atoms with Gasteiger partial charge in [-0.2, -0.15) is 0 Å². The number of nitrogens with one attached hydrogen (secondary N) is 1. The van der Waals surface area contributed by atoms with Crippen LogP contribution in [0.25, 0.3) is 0 Å². The fraction of sp³-hybridized carbons (Fsp3) is 0.818. The second-order valence-electron chi connectivity index (χ2n) is 5.08. The Balaban J connectivity index is 4.76. The summed E-state index contributed by atoms with van der Waals surface area (Å²) in [6.07, 6.45) is 0. The van der Waals surface area contributed by atoms with Crippen molar-refractivity contribution in [2.24, 2.45) is 0 Å². The number of ether oxygens (including phenoxy) is 2. The van der Waals surface area contributed by atoms with Crippen LogP contribution in [0.4, 0.5) is 0 Å². The lowest BCUT2D eigenvalue weighted by Crippen LogP contribution is -2.47. The summed E-state index contributed by atoms with van der Waals surface area (Å²) in [5.74, 6) is -1.61. The van der Waals surface area contributed by atoms with Crippen molar-refractivity contribution in [3.8, 4) is 0 Å². The molecule has 0 aromatic carbocycles. The van der Waals surface area contributed by atoms with E-state index in [2.05, 4.69) is 9.46 Å². The van der Waals surface area contributed by atoms with Gasteiger partial charge >= 0.3 is 11.9 Å². The van der Waals surface area contributed by atoms with Gasteiger partial charge in [0.25, 0.3) is 0 Å². The second kappa shape index (κ2) is 6.33. The van der Waals surface area contributed by atoms with Gasteiger partial charge in [-0.25, -0.2) is 13.1 Å². The molecule has 7 nitrogen and oxygen atoms in total. The molecule has 0 heterocycles. The van der Waals surface area contributed by atoms with E-state index >= 15 is 0 Å². The highest BCUT2D eigenvalue weighted by Gasteiger charge is 2.33. The molecular weight excluding hydrogens is 274 g/mol. The normalized spacial score (nSPS) is 15.5. The molecular formula is C11H21NO6S. The van der Waals surface area contributed by atoms with Crippen LogP contribution in [0.2, 0.25) is 0 Å². The predicted molar refractivity (Wildman–Crippen MR) is 68.8 cm³/mol. The average Bonchev–Trinajstić information content (AvgIpc) is 2.23. The Hall–Kier alpha value is -1.15. The molecule has 112 valence electrons. The SMILES string of the molecule is COC(=O)C(C)S(=O)(=O)N[C@@H](C)C(=O)OC(C)(C)C. The van der Waals surface area contributed by atoms with Crippen molar-refractivity contribution in [2.45, 2.75) is 51.5 Å². The van der Waals surface area contributed by atoms with E-state index in [1.54, 1.807) is 20.8 Å². The molecule has 0 radical (unpaired) electrons. The molecule has 0 saturated heterocycles. The maximum Gasteiger partial charge on any atom is 0.325 e. The summed E-state index contributed by atoms with van der Waals surface area (Å²) < 4.78 is 35.1. The standard InChI is InChI=1S/C11H21NO6S/c1-7(9(13)18-11(3,4)5)12-19(15,16)8(2)10(14)17-6/h7-8,12H,1-6H3/t7-,8?/m0/s1. The van der Waals surface area contributed by atoms with E-state index in [4.69, 9.17) is 4.74 Å². The van der Waals surface area contributed by atoms with Crippen LogP contribution in [0.15, 0.2) is 0 Å². The van der Waals surface area contributed by atoms with Crippen LogP contribution in [0, 0.1) is 0 Å². The number of rotatable bonds is 5. The minimum Gasteiger partial charge on any atom is -0.468 e. The van der Waals surface area contributed by atoms with Crippen LogP contribution < -0.4 is 4.72 Å². The molecule has 0 rings (SSSR count). The Kier molecular flexibility index (Phi) is 5.95. The maximum atomic E-state index is 11.8. The molecule has 0 spiro atoms. The average molecular weight is 295 g/mol. The van der Waals surface area contributed by atoms with Crippen molar-refractivity contribution in [2.75, 3.05) is 7.11 Å². The Labute approximate surface area is 113 Å². The molecule has 0 aromatic rings. The zero-order chi connectivity index (χ0) is 15.4. The lowest BCUT2D eigenvalue weighted by molar-refractivity contribution is -0.156. The molecule has 0 amide bonds. The molecule has 0 aromatic heterocycles. The second-order valence-corrected chi connectivity index (χ2v) is 7.12. The topological polar surface area (TPSA) is 98.8 Å². The summed E-state index contributed by atoms with van der Waals surface area (Å²) in [5, 5.41) is -1.40. The van der Waals surface area contributed by atoms with Crippen molar-refractivity contribution in [1.82, 2.24) is 4.72 Å². The summed E-state index contributed by atoms with van der Waals surface area (Å²) in [5.41, 5.74) is -0.718. The highest BCUT2D eigenvalue weighted by atomic mass is 32.2. The molecule has 1 N–H and O–H groups in total. The Bertz CT molecular complexity index is 437. The van der Waals surface area contributed by atoms with Crippen LogP contribution >= 0.6 is 0 Å². The van der Waals surface area contributed by atoms with Crippen molar-refractivity contribution >= 4 is 22.0 Å². The Morgan fingerprint density at radius 3 is 1.95 bits per heavy atom. The molecule has 1 unspecified atom stereocenters. The molecule has 2 atom stereocenters. The minimum atomic E-state index is -4.00. The number of sulfonamides is 1. The smallest absolute Gasteiger partial charge is 0.325 e. The fourth-order valence-electron chi connectivity index (χ4n) is 1.08. The number of carbonyl (C=O) groups excluding carboxylic acids is 2. The largest absolute Gasteiger partial charge is 0.468 e. The van der Waals surface area contributed by atoms with Gasteiger partial charge in [-0.3, -0.25) is 9.59 Å². The van der Waals surface area contributed by atoms with E-state index in [1.165, 1.54) is 13.8 Å².